The van der Waals surface area contributed by atoms with Crippen LogP contribution in [0.3, 0.4) is 0 Å². The van der Waals surface area contributed by atoms with Crippen molar-refractivity contribution in [2.24, 2.45) is 5.10 Å². The summed E-state index contributed by atoms with van der Waals surface area (Å²) in [6.07, 6.45) is 4.07. The maximum atomic E-state index is 12.1. The second-order valence-electron chi connectivity index (χ2n) is 5.72. The molecule has 0 aliphatic carbocycles. The number of hydrogen-bond acceptors (Lipinski definition) is 4. The minimum atomic E-state index is -0.220. The van der Waals surface area contributed by atoms with Crippen molar-refractivity contribution in [3.05, 3.63) is 59.7 Å². The first-order valence-corrected chi connectivity index (χ1v) is 8.09. The summed E-state index contributed by atoms with van der Waals surface area (Å²) in [5.41, 5.74) is 5.18. The molecule has 2 aromatic carbocycles. The van der Waals surface area contributed by atoms with E-state index in [0.717, 1.165) is 24.4 Å². The highest BCUT2D eigenvalue weighted by molar-refractivity contribution is 5.95. The first kappa shape index (κ1) is 16.1. The molecule has 5 heteroatoms. The van der Waals surface area contributed by atoms with Gasteiger partial charge >= 0.3 is 0 Å². The van der Waals surface area contributed by atoms with Gasteiger partial charge in [0.15, 0.2) is 0 Å². The lowest BCUT2D eigenvalue weighted by atomic mass is 10.2. The fraction of sp³-hybridized carbons (Fsp3) is 0.263. The quantitative estimate of drug-likeness (QED) is 0.679. The molecule has 3 rings (SSSR count). The average molecular weight is 323 g/mol. The van der Waals surface area contributed by atoms with Gasteiger partial charge in [0.2, 0.25) is 0 Å². The Balaban J connectivity index is 1.59. The number of nitrogens with zero attached hydrogens (tertiary/aromatic N) is 2. The number of benzene rings is 2. The third-order valence-corrected chi connectivity index (χ3v) is 4.07. The van der Waals surface area contributed by atoms with Gasteiger partial charge in [-0.25, -0.2) is 5.43 Å². The summed E-state index contributed by atoms with van der Waals surface area (Å²) in [4.78, 5) is 14.5. The Kier molecular flexibility index (Phi) is 5.11. The van der Waals surface area contributed by atoms with Gasteiger partial charge in [-0.05, 0) is 54.8 Å². The molecule has 2 aromatic rings. The monoisotopic (exact) mass is 323 g/mol. The number of rotatable bonds is 5. The van der Waals surface area contributed by atoms with Crippen molar-refractivity contribution in [3.8, 4) is 5.75 Å². The summed E-state index contributed by atoms with van der Waals surface area (Å²) >= 11 is 0. The number of ether oxygens (including phenoxy) is 1. The molecular formula is C19H21N3O2. The Morgan fingerprint density at radius 3 is 2.62 bits per heavy atom. The predicted octanol–water partition coefficient (Wildman–Crippen LogP) is 3.06. The van der Waals surface area contributed by atoms with Crippen molar-refractivity contribution in [1.29, 1.82) is 0 Å². The van der Waals surface area contributed by atoms with Gasteiger partial charge in [0, 0.05) is 24.3 Å². The minimum absolute atomic E-state index is 0.220. The molecule has 1 N–H and O–H groups in total. The summed E-state index contributed by atoms with van der Waals surface area (Å²) in [6.45, 7) is 2.19. The second kappa shape index (κ2) is 7.64. The van der Waals surface area contributed by atoms with Crippen LogP contribution in [0.5, 0.6) is 5.75 Å². The molecule has 0 radical (unpaired) electrons. The van der Waals surface area contributed by atoms with Crippen LogP contribution in [-0.2, 0) is 0 Å². The van der Waals surface area contributed by atoms with E-state index >= 15 is 0 Å². The number of carbonyl (C=O) groups is 1. The SMILES string of the molecule is COc1cccc(/C=N\NC(=O)c2ccc(N3CCCC3)cc2)c1. The lowest BCUT2D eigenvalue weighted by molar-refractivity contribution is 0.0955. The molecule has 1 aliphatic rings. The van der Waals surface area contributed by atoms with Gasteiger partial charge in [-0.3, -0.25) is 4.79 Å². The summed E-state index contributed by atoms with van der Waals surface area (Å²) in [5.74, 6) is 0.532. The van der Waals surface area contributed by atoms with Crippen LogP contribution in [0, 0.1) is 0 Å². The number of methoxy groups -OCH3 is 1. The van der Waals surface area contributed by atoms with Crippen LogP contribution in [0.4, 0.5) is 5.69 Å². The molecule has 1 amide bonds. The van der Waals surface area contributed by atoms with E-state index in [2.05, 4.69) is 15.4 Å². The molecule has 24 heavy (non-hydrogen) atoms. The molecule has 0 bridgehead atoms. The zero-order valence-corrected chi connectivity index (χ0v) is 13.7. The van der Waals surface area contributed by atoms with Crippen LogP contribution >= 0.6 is 0 Å². The number of hydrazone groups is 1. The van der Waals surface area contributed by atoms with Gasteiger partial charge in [-0.1, -0.05) is 12.1 Å². The van der Waals surface area contributed by atoms with Crippen LogP contribution in [0.2, 0.25) is 0 Å². The smallest absolute Gasteiger partial charge is 0.271 e. The van der Waals surface area contributed by atoms with E-state index < -0.39 is 0 Å². The summed E-state index contributed by atoms with van der Waals surface area (Å²) in [7, 11) is 1.61. The van der Waals surface area contributed by atoms with Crippen molar-refractivity contribution < 1.29 is 9.53 Å². The van der Waals surface area contributed by atoms with E-state index in [1.165, 1.54) is 18.5 Å². The second-order valence-corrected chi connectivity index (χ2v) is 5.72. The highest BCUT2D eigenvalue weighted by Gasteiger charge is 2.12. The molecule has 124 valence electrons. The van der Waals surface area contributed by atoms with E-state index in [9.17, 15) is 4.79 Å². The zero-order valence-electron chi connectivity index (χ0n) is 13.7. The fourth-order valence-electron chi connectivity index (χ4n) is 2.75. The van der Waals surface area contributed by atoms with Crippen LogP contribution in [0.25, 0.3) is 0 Å². The molecule has 0 atom stereocenters. The molecule has 1 aliphatic heterocycles. The van der Waals surface area contributed by atoms with Gasteiger partial charge < -0.3 is 9.64 Å². The lowest BCUT2D eigenvalue weighted by Gasteiger charge is -2.17. The third-order valence-electron chi connectivity index (χ3n) is 4.07. The van der Waals surface area contributed by atoms with Gasteiger partial charge in [-0.2, -0.15) is 5.10 Å². The van der Waals surface area contributed by atoms with Gasteiger partial charge in [0.1, 0.15) is 5.75 Å². The van der Waals surface area contributed by atoms with Crippen molar-refractivity contribution in [2.45, 2.75) is 12.8 Å². The number of nitrogens with one attached hydrogen (secondary N) is 1. The molecule has 5 nitrogen and oxygen atoms in total. The molecule has 1 heterocycles. The first-order valence-electron chi connectivity index (χ1n) is 8.09. The maximum absolute atomic E-state index is 12.1. The van der Waals surface area contributed by atoms with Crippen LogP contribution < -0.4 is 15.1 Å². The molecule has 0 unspecified atom stereocenters. The summed E-state index contributed by atoms with van der Waals surface area (Å²) in [6, 6.07) is 15.1. The van der Waals surface area contributed by atoms with E-state index in [1.54, 1.807) is 13.3 Å². The Labute approximate surface area is 141 Å². The number of carbonyl (C=O) groups excluding carboxylic acids is 1. The molecule has 1 saturated heterocycles. The van der Waals surface area contributed by atoms with Crippen LogP contribution in [-0.4, -0.2) is 32.3 Å². The Morgan fingerprint density at radius 2 is 1.92 bits per heavy atom. The highest BCUT2D eigenvalue weighted by atomic mass is 16.5. The normalized spacial score (nSPS) is 14.1. The molecule has 1 fully saturated rings. The van der Waals surface area contributed by atoms with Crippen molar-refractivity contribution >= 4 is 17.8 Å². The Bertz CT molecular complexity index is 720. The molecule has 0 spiro atoms. The van der Waals surface area contributed by atoms with Gasteiger partial charge in [-0.15, -0.1) is 0 Å². The van der Waals surface area contributed by atoms with Crippen molar-refractivity contribution in [1.82, 2.24) is 5.43 Å². The van der Waals surface area contributed by atoms with E-state index in [-0.39, 0.29) is 5.91 Å². The standard InChI is InChI=1S/C19H21N3O2/c1-24-18-6-4-5-15(13-18)14-20-21-19(23)16-7-9-17(10-8-16)22-11-2-3-12-22/h4-10,13-14H,2-3,11-12H2,1H3,(H,21,23)/b20-14-. The van der Waals surface area contributed by atoms with Crippen LogP contribution in [0.1, 0.15) is 28.8 Å². The number of anilines is 1. The summed E-state index contributed by atoms with van der Waals surface area (Å²) in [5, 5.41) is 4.00. The van der Waals surface area contributed by atoms with Gasteiger partial charge in [0.25, 0.3) is 5.91 Å². The summed E-state index contributed by atoms with van der Waals surface area (Å²) < 4.78 is 5.15. The maximum Gasteiger partial charge on any atom is 0.271 e. The predicted molar refractivity (Wildman–Crippen MR) is 95.9 cm³/mol. The third kappa shape index (κ3) is 3.93. The van der Waals surface area contributed by atoms with E-state index in [0.29, 0.717) is 5.56 Å². The number of hydrogen-bond donors (Lipinski definition) is 1. The number of amides is 1. The highest BCUT2D eigenvalue weighted by Crippen LogP contribution is 2.20. The van der Waals surface area contributed by atoms with E-state index in [1.807, 2.05) is 48.5 Å². The largest absolute Gasteiger partial charge is 0.497 e. The first-order chi connectivity index (χ1) is 11.8. The van der Waals surface area contributed by atoms with Crippen molar-refractivity contribution in [3.63, 3.8) is 0 Å². The van der Waals surface area contributed by atoms with E-state index in [4.69, 9.17) is 4.74 Å². The molecule has 0 aromatic heterocycles. The molecule has 0 saturated carbocycles. The topological polar surface area (TPSA) is 53.9 Å². The van der Waals surface area contributed by atoms with Gasteiger partial charge in [0.05, 0.1) is 13.3 Å². The Hall–Kier alpha value is -2.82. The minimum Gasteiger partial charge on any atom is -0.497 e. The fourth-order valence-corrected chi connectivity index (χ4v) is 2.75. The average Bonchev–Trinajstić information content (AvgIpc) is 3.16. The lowest BCUT2D eigenvalue weighted by Crippen LogP contribution is -2.19. The zero-order chi connectivity index (χ0) is 16.8. The van der Waals surface area contributed by atoms with Crippen molar-refractivity contribution in [2.75, 3.05) is 25.1 Å². The van der Waals surface area contributed by atoms with Crippen LogP contribution in [0.15, 0.2) is 53.6 Å². The molecular weight excluding hydrogens is 302 g/mol. The Morgan fingerprint density at radius 1 is 1.17 bits per heavy atom.